The molecule has 1 aromatic carbocycles. The van der Waals surface area contributed by atoms with Crippen molar-refractivity contribution < 1.29 is 14.0 Å². The molecule has 3 aliphatic heterocycles. The number of carbonyl (C=O) groups is 2. The van der Waals surface area contributed by atoms with Gasteiger partial charge in [0, 0.05) is 58.3 Å². The van der Waals surface area contributed by atoms with E-state index in [0.29, 0.717) is 38.0 Å². The van der Waals surface area contributed by atoms with E-state index in [0.717, 1.165) is 51.4 Å². The first-order valence-electron chi connectivity index (χ1n) is 12.8. The molecule has 186 valence electrons. The van der Waals surface area contributed by atoms with Crippen molar-refractivity contribution in [3.63, 3.8) is 0 Å². The highest BCUT2D eigenvalue weighted by Gasteiger charge is 2.30. The van der Waals surface area contributed by atoms with Crippen LogP contribution in [0.5, 0.6) is 0 Å². The molecule has 0 atom stereocenters. The van der Waals surface area contributed by atoms with Crippen molar-refractivity contribution in [1.82, 2.24) is 19.7 Å². The van der Waals surface area contributed by atoms with Crippen LogP contribution < -0.4 is 5.32 Å². The molecule has 2 amide bonds. The molecule has 2 aromatic rings. The average molecular weight is 480 g/mol. The van der Waals surface area contributed by atoms with Gasteiger partial charge in [-0.25, -0.2) is 9.37 Å². The van der Waals surface area contributed by atoms with Gasteiger partial charge in [-0.3, -0.25) is 14.5 Å². The molecular formula is C27H34FN5O2. The van der Waals surface area contributed by atoms with Gasteiger partial charge in [0.1, 0.15) is 5.82 Å². The number of hydrogen-bond donors (Lipinski definition) is 1. The number of fused-ring (bicyclic) bond motifs is 1. The molecular weight excluding hydrogens is 445 g/mol. The van der Waals surface area contributed by atoms with Gasteiger partial charge in [0.15, 0.2) is 5.82 Å². The lowest BCUT2D eigenvalue weighted by Crippen LogP contribution is -2.48. The summed E-state index contributed by atoms with van der Waals surface area (Å²) >= 11 is 0. The summed E-state index contributed by atoms with van der Waals surface area (Å²) < 4.78 is 14.6. The van der Waals surface area contributed by atoms with Crippen LogP contribution in [0.15, 0.2) is 36.5 Å². The molecule has 0 radical (unpaired) electrons. The molecule has 1 aromatic heterocycles. The number of anilines is 1. The third-order valence-electron chi connectivity index (χ3n) is 7.81. The van der Waals surface area contributed by atoms with Crippen LogP contribution in [-0.4, -0.2) is 76.3 Å². The third-order valence-corrected chi connectivity index (χ3v) is 7.81. The number of benzene rings is 1. The maximum atomic E-state index is 14.6. The molecule has 0 saturated carbocycles. The summed E-state index contributed by atoms with van der Waals surface area (Å²) in [5.74, 6) is -0.244. The van der Waals surface area contributed by atoms with Gasteiger partial charge in [0.2, 0.25) is 5.91 Å². The van der Waals surface area contributed by atoms with Crippen LogP contribution in [0, 0.1) is 5.82 Å². The lowest BCUT2D eigenvalue weighted by Gasteiger charge is -2.40. The highest BCUT2D eigenvalue weighted by atomic mass is 19.1. The van der Waals surface area contributed by atoms with E-state index < -0.39 is 5.82 Å². The van der Waals surface area contributed by atoms with Crippen molar-refractivity contribution in [3.05, 3.63) is 59.0 Å². The van der Waals surface area contributed by atoms with Crippen molar-refractivity contribution in [3.8, 4) is 0 Å². The Balaban J connectivity index is 1.17. The Kier molecular flexibility index (Phi) is 7.00. The fourth-order valence-corrected chi connectivity index (χ4v) is 5.66. The van der Waals surface area contributed by atoms with E-state index in [4.69, 9.17) is 0 Å². The zero-order valence-electron chi connectivity index (χ0n) is 20.4. The van der Waals surface area contributed by atoms with Crippen LogP contribution in [0.4, 0.5) is 10.2 Å². The fraction of sp³-hybridized carbons (Fsp3) is 0.519. The second-order valence-corrected chi connectivity index (χ2v) is 9.99. The molecule has 0 bridgehead atoms. The van der Waals surface area contributed by atoms with E-state index in [1.54, 1.807) is 17.9 Å². The minimum atomic E-state index is -0.582. The van der Waals surface area contributed by atoms with E-state index in [1.807, 2.05) is 4.90 Å². The zero-order valence-corrected chi connectivity index (χ0v) is 20.4. The Morgan fingerprint density at radius 3 is 2.37 bits per heavy atom. The lowest BCUT2D eigenvalue weighted by molar-refractivity contribution is -0.129. The van der Waals surface area contributed by atoms with Crippen LogP contribution in [0.25, 0.3) is 0 Å². The monoisotopic (exact) mass is 479 g/mol. The smallest absolute Gasteiger partial charge is 0.257 e. The first kappa shape index (κ1) is 23.7. The maximum Gasteiger partial charge on any atom is 0.257 e. The second kappa shape index (κ2) is 10.3. The topological polar surface area (TPSA) is 68.8 Å². The van der Waals surface area contributed by atoms with Crippen LogP contribution in [0.2, 0.25) is 0 Å². The van der Waals surface area contributed by atoms with Crippen LogP contribution >= 0.6 is 0 Å². The van der Waals surface area contributed by atoms with E-state index in [1.165, 1.54) is 11.1 Å². The van der Waals surface area contributed by atoms with Gasteiger partial charge >= 0.3 is 0 Å². The minimum absolute atomic E-state index is 0.0778. The number of hydrogen-bond acceptors (Lipinski definition) is 5. The third kappa shape index (κ3) is 5.32. The Labute approximate surface area is 206 Å². The summed E-state index contributed by atoms with van der Waals surface area (Å²) in [4.78, 5) is 35.1. The van der Waals surface area contributed by atoms with Gasteiger partial charge < -0.3 is 15.1 Å². The first-order valence-corrected chi connectivity index (χ1v) is 12.8. The summed E-state index contributed by atoms with van der Waals surface area (Å²) in [7, 11) is 0. The van der Waals surface area contributed by atoms with Gasteiger partial charge in [0.05, 0.1) is 11.8 Å². The van der Waals surface area contributed by atoms with Crippen molar-refractivity contribution in [2.24, 2.45) is 0 Å². The molecule has 35 heavy (non-hydrogen) atoms. The molecule has 0 unspecified atom stereocenters. The van der Waals surface area contributed by atoms with Gasteiger partial charge in [-0.05, 0) is 49.3 Å². The zero-order chi connectivity index (χ0) is 24.4. The standard InChI is InChI=1S/C27H34FN5O2/c1-19(34)31-12-7-22(8-13-31)30-26-16-24(25(28)17-29-26)27(35)32-14-9-23(10-15-32)33-11-6-20-4-2-3-5-21(20)18-33/h2-5,16-17,22-23H,6-15,18H2,1H3,(H,29,30). The largest absolute Gasteiger partial charge is 0.367 e. The maximum absolute atomic E-state index is 14.6. The van der Waals surface area contributed by atoms with Gasteiger partial charge in [-0.15, -0.1) is 0 Å². The minimum Gasteiger partial charge on any atom is -0.367 e. The summed E-state index contributed by atoms with van der Waals surface area (Å²) in [5.41, 5.74) is 2.93. The summed E-state index contributed by atoms with van der Waals surface area (Å²) in [5, 5.41) is 3.33. The number of piperidine rings is 2. The normalized spacial score (nSPS) is 19.9. The molecule has 8 heteroatoms. The Bertz CT molecular complexity index is 1080. The highest BCUT2D eigenvalue weighted by molar-refractivity contribution is 5.95. The molecule has 1 N–H and O–H groups in total. The van der Waals surface area contributed by atoms with E-state index >= 15 is 0 Å². The number of likely N-dealkylation sites (tertiary alicyclic amines) is 2. The van der Waals surface area contributed by atoms with E-state index in [9.17, 15) is 14.0 Å². The molecule has 4 heterocycles. The molecule has 0 aliphatic carbocycles. The molecule has 7 nitrogen and oxygen atoms in total. The van der Waals surface area contributed by atoms with Crippen LogP contribution in [0.1, 0.15) is 54.1 Å². The molecule has 2 fully saturated rings. The highest BCUT2D eigenvalue weighted by Crippen LogP contribution is 2.26. The summed E-state index contributed by atoms with van der Waals surface area (Å²) in [6.45, 7) is 6.26. The Hall–Kier alpha value is -3.00. The number of rotatable bonds is 4. The average Bonchev–Trinajstić information content (AvgIpc) is 2.89. The van der Waals surface area contributed by atoms with Gasteiger partial charge in [0.25, 0.3) is 5.91 Å². The predicted molar refractivity (Wildman–Crippen MR) is 133 cm³/mol. The van der Waals surface area contributed by atoms with Crippen molar-refractivity contribution in [1.29, 1.82) is 0 Å². The number of aromatic nitrogens is 1. The predicted octanol–water partition coefficient (Wildman–Crippen LogP) is 3.31. The summed E-state index contributed by atoms with van der Waals surface area (Å²) in [6.07, 6.45) is 5.62. The molecule has 5 rings (SSSR count). The lowest BCUT2D eigenvalue weighted by atomic mass is 9.95. The van der Waals surface area contributed by atoms with Crippen LogP contribution in [-0.2, 0) is 17.8 Å². The molecule has 0 spiro atoms. The molecule has 2 saturated heterocycles. The number of nitrogens with one attached hydrogen (secondary N) is 1. The fourth-order valence-electron chi connectivity index (χ4n) is 5.66. The van der Waals surface area contributed by atoms with E-state index in [-0.39, 0.29) is 23.4 Å². The van der Waals surface area contributed by atoms with Crippen molar-refractivity contribution in [2.45, 2.75) is 57.7 Å². The first-order chi connectivity index (χ1) is 17.0. The second-order valence-electron chi connectivity index (χ2n) is 9.99. The van der Waals surface area contributed by atoms with Gasteiger partial charge in [-0.1, -0.05) is 24.3 Å². The van der Waals surface area contributed by atoms with Gasteiger partial charge in [-0.2, -0.15) is 0 Å². The SMILES string of the molecule is CC(=O)N1CCC(Nc2cc(C(=O)N3CCC(N4CCc5ccccc5C4)CC3)c(F)cn2)CC1. The number of amides is 2. The Morgan fingerprint density at radius 2 is 1.66 bits per heavy atom. The quantitative estimate of drug-likeness (QED) is 0.729. The van der Waals surface area contributed by atoms with Crippen molar-refractivity contribution in [2.75, 3.05) is 38.0 Å². The number of pyridine rings is 1. The molecule has 3 aliphatic rings. The number of nitrogens with zero attached hydrogens (tertiary/aromatic N) is 4. The van der Waals surface area contributed by atoms with E-state index in [2.05, 4.69) is 39.5 Å². The van der Waals surface area contributed by atoms with Crippen LogP contribution in [0.3, 0.4) is 0 Å². The number of halogens is 1. The Morgan fingerprint density at radius 1 is 0.971 bits per heavy atom. The number of carbonyl (C=O) groups excluding carboxylic acids is 2. The van der Waals surface area contributed by atoms with Crippen molar-refractivity contribution >= 4 is 17.6 Å². The summed E-state index contributed by atoms with van der Waals surface area (Å²) in [6, 6.07) is 10.8.